The van der Waals surface area contributed by atoms with Crippen molar-refractivity contribution in [3.05, 3.63) is 29.3 Å². The molecule has 2 heteroatoms. The number of nitriles is 1. The lowest BCUT2D eigenvalue weighted by molar-refractivity contribution is 0.826. The van der Waals surface area contributed by atoms with Crippen LogP contribution in [0.3, 0.4) is 0 Å². The van der Waals surface area contributed by atoms with E-state index in [4.69, 9.17) is 5.26 Å². The molecular formula is C11H12N2. The van der Waals surface area contributed by atoms with Crippen LogP contribution < -0.4 is 5.32 Å². The lowest BCUT2D eigenvalue weighted by Gasteiger charge is -2.09. The molecule has 1 aromatic carbocycles. The van der Waals surface area contributed by atoms with Crippen LogP contribution in [0.5, 0.6) is 0 Å². The Hall–Kier alpha value is -1.49. The number of rotatable bonds is 1. The van der Waals surface area contributed by atoms with E-state index in [-0.39, 0.29) is 5.92 Å². The highest BCUT2D eigenvalue weighted by molar-refractivity contribution is 5.59. The number of nitrogens with zero attached hydrogens (tertiary/aromatic N) is 1. The number of aryl methyl sites for hydroxylation is 1. The van der Waals surface area contributed by atoms with Gasteiger partial charge >= 0.3 is 0 Å². The van der Waals surface area contributed by atoms with Crippen LogP contribution in [-0.4, -0.2) is 7.05 Å². The Morgan fingerprint density at radius 3 is 3.08 bits per heavy atom. The third-order valence-electron chi connectivity index (χ3n) is 2.67. The number of benzene rings is 1. The normalized spacial score (nSPS) is 19.2. The molecule has 66 valence electrons. The summed E-state index contributed by atoms with van der Waals surface area (Å²) in [5.41, 5.74) is 3.66. The van der Waals surface area contributed by atoms with E-state index in [0.717, 1.165) is 18.5 Å². The molecule has 0 saturated heterocycles. The van der Waals surface area contributed by atoms with E-state index in [2.05, 4.69) is 17.5 Å². The SMILES string of the molecule is CNc1cccc2c1C(C#N)CC2. The van der Waals surface area contributed by atoms with Crippen LogP contribution in [0.25, 0.3) is 0 Å². The van der Waals surface area contributed by atoms with Gasteiger partial charge in [0.15, 0.2) is 0 Å². The summed E-state index contributed by atoms with van der Waals surface area (Å²) in [5.74, 6) is 0.0960. The molecule has 0 radical (unpaired) electrons. The number of nitrogens with one attached hydrogen (secondary N) is 1. The first-order valence-electron chi connectivity index (χ1n) is 4.56. The second-order valence-electron chi connectivity index (χ2n) is 3.35. The molecule has 0 aliphatic heterocycles. The van der Waals surface area contributed by atoms with Crippen LogP contribution >= 0.6 is 0 Å². The van der Waals surface area contributed by atoms with Gasteiger partial charge < -0.3 is 5.32 Å². The van der Waals surface area contributed by atoms with Crippen molar-refractivity contribution >= 4 is 5.69 Å². The van der Waals surface area contributed by atoms with E-state index in [1.165, 1.54) is 11.1 Å². The summed E-state index contributed by atoms with van der Waals surface area (Å²) < 4.78 is 0. The molecular weight excluding hydrogens is 160 g/mol. The molecule has 1 aromatic rings. The molecule has 1 N–H and O–H groups in total. The minimum absolute atomic E-state index is 0.0960. The number of hydrogen-bond acceptors (Lipinski definition) is 2. The zero-order chi connectivity index (χ0) is 9.26. The summed E-state index contributed by atoms with van der Waals surface area (Å²) in [6.45, 7) is 0. The summed E-state index contributed by atoms with van der Waals surface area (Å²) in [6, 6.07) is 8.56. The van der Waals surface area contributed by atoms with Crippen molar-refractivity contribution in [1.82, 2.24) is 0 Å². The maximum absolute atomic E-state index is 8.95. The Balaban J connectivity index is 2.54. The highest BCUT2D eigenvalue weighted by Gasteiger charge is 2.24. The monoisotopic (exact) mass is 172 g/mol. The van der Waals surface area contributed by atoms with Crippen LogP contribution in [-0.2, 0) is 6.42 Å². The zero-order valence-electron chi connectivity index (χ0n) is 7.67. The van der Waals surface area contributed by atoms with Gasteiger partial charge in [-0.05, 0) is 30.0 Å². The first-order valence-corrected chi connectivity index (χ1v) is 4.56. The highest BCUT2D eigenvalue weighted by Crippen LogP contribution is 2.37. The predicted molar refractivity (Wildman–Crippen MR) is 52.7 cm³/mol. The number of fused-ring (bicyclic) bond motifs is 1. The lowest BCUT2D eigenvalue weighted by Crippen LogP contribution is -1.97. The van der Waals surface area contributed by atoms with Gasteiger partial charge in [0.1, 0.15) is 0 Å². The van der Waals surface area contributed by atoms with Gasteiger partial charge in [-0.3, -0.25) is 0 Å². The van der Waals surface area contributed by atoms with Gasteiger partial charge in [0.25, 0.3) is 0 Å². The number of anilines is 1. The summed E-state index contributed by atoms with van der Waals surface area (Å²) >= 11 is 0. The van der Waals surface area contributed by atoms with E-state index in [0.29, 0.717) is 0 Å². The van der Waals surface area contributed by atoms with Gasteiger partial charge in [0, 0.05) is 12.7 Å². The summed E-state index contributed by atoms with van der Waals surface area (Å²) in [5, 5.41) is 12.1. The van der Waals surface area contributed by atoms with Crippen LogP contribution in [0, 0.1) is 11.3 Å². The Bertz CT molecular complexity index is 363. The Morgan fingerprint density at radius 2 is 2.38 bits per heavy atom. The average Bonchev–Trinajstić information content (AvgIpc) is 2.60. The van der Waals surface area contributed by atoms with E-state index in [1.54, 1.807) is 0 Å². The standard InChI is InChI=1S/C11H12N2/c1-13-10-4-2-3-8-5-6-9(7-12)11(8)10/h2-4,9,13H,5-6H2,1H3. The zero-order valence-corrected chi connectivity index (χ0v) is 7.67. The molecule has 1 unspecified atom stereocenters. The molecule has 0 aromatic heterocycles. The van der Waals surface area contributed by atoms with Crippen molar-refractivity contribution in [2.75, 3.05) is 12.4 Å². The molecule has 0 amide bonds. The first kappa shape index (κ1) is 8.12. The Kier molecular flexibility index (Phi) is 1.94. The third-order valence-corrected chi connectivity index (χ3v) is 2.67. The topological polar surface area (TPSA) is 35.8 Å². The highest BCUT2D eigenvalue weighted by atomic mass is 14.8. The van der Waals surface area contributed by atoms with Crippen LogP contribution in [0.4, 0.5) is 5.69 Å². The fourth-order valence-corrected chi connectivity index (χ4v) is 2.03. The van der Waals surface area contributed by atoms with E-state index < -0.39 is 0 Å². The van der Waals surface area contributed by atoms with Crippen molar-refractivity contribution in [2.24, 2.45) is 0 Å². The summed E-state index contributed by atoms with van der Waals surface area (Å²) in [4.78, 5) is 0. The largest absolute Gasteiger partial charge is 0.388 e. The van der Waals surface area contributed by atoms with Crippen molar-refractivity contribution in [3.63, 3.8) is 0 Å². The van der Waals surface area contributed by atoms with Crippen molar-refractivity contribution in [3.8, 4) is 6.07 Å². The van der Waals surface area contributed by atoms with Gasteiger partial charge in [-0.15, -0.1) is 0 Å². The Labute approximate surface area is 78.2 Å². The molecule has 2 nitrogen and oxygen atoms in total. The van der Waals surface area contributed by atoms with Crippen molar-refractivity contribution < 1.29 is 0 Å². The smallest absolute Gasteiger partial charge is 0.0738 e. The second-order valence-corrected chi connectivity index (χ2v) is 3.35. The summed E-state index contributed by atoms with van der Waals surface area (Å²) in [6.07, 6.45) is 2.02. The van der Waals surface area contributed by atoms with Gasteiger partial charge in [-0.2, -0.15) is 5.26 Å². The van der Waals surface area contributed by atoms with Crippen molar-refractivity contribution in [2.45, 2.75) is 18.8 Å². The van der Waals surface area contributed by atoms with Crippen LogP contribution in [0.1, 0.15) is 23.5 Å². The first-order chi connectivity index (χ1) is 6.36. The van der Waals surface area contributed by atoms with Gasteiger partial charge in [0.05, 0.1) is 12.0 Å². The fraction of sp³-hybridized carbons (Fsp3) is 0.364. The minimum atomic E-state index is 0.0960. The molecule has 0 heterocycles. The van der Waals surface area contributed by atoms with Gasteiger partial charge in [0.2, 0.25) is 0 Å². The van der Waals surface area contributed by atoms with Crippen LogP contribution in [0.2, 0.25) is 0 Å². The van der Waals surface area contributed by atoms with Gasteiger partial charge in [-0.1, -0.05) is 12.1 Å². The molecule has 1 atom stereocenters. The van der Waals surface area contributed by atoms with E-state index in [9.17, 15) is 0 Å². The fourth-order valence-electron chi connectivity index (χ4n) is 2.03. The van der Waals surface area contributed by atoms with Crippen LogP contribution in [0.15, 0.2) is 18.2 Å². The predicted octanol–water partition coefficient (Wildman–Crippen LogP) is 2.28. The molecule has 2 rings (SSSR count). The summed E-state index contributed by atoms with van der Waals surface area (Å²) in [7, 11) is 1.91. The Morgan fingerprint density at radius 1 is 1.54 bits per heavy atom. The molecule has 0 spiro atoms. The third kappa shape index (κ3) is 1.17. The van der Waals surface area contributed by atoms with E-state index >= 15 is 0 Å². The number of hydrogen-bond donors (Lipinski definition) is 1. The maximum Gasteiger partial charge on any atom is 0.0738 e. The average molecular weight is 172 g/mol. The van der Waals surface area contributed by atoms with Crippen molar-refractivity contribution in [1.29, 1.82) is 5.26 Å². The molecule has 1 aliphatic rings. The maximum atomic E-state index is 8.95. The lowest BCUT2D eigenvalue weighted by atomic mass is 10.0. The molecule has 0 fully saturated rings. The van der Waals surface area contributed by atoms with Gasteiger partial charge in [-0.25, -0.2) is 0 Å². The minimum Gasteiger partial charge on any atom is -0.388 e. The molecule has 13 heavy (non-hydrogen) atoms. The molecule has 0 saturated carbocycles. The second kappa shape index (κ2) is 3.10. The molecule has 1 aliphatic carbocycles. The molecule has 0 bridgehead atoms. The quantitative estimate of drug-likeness (QED) is 0.705. The van der Waals surface area contributed by atoms with E-state index in [1.807, 2.05) is 19.2 Å².